The summed E-state index contributed by atoms with van der Waals surface area (Å²) in [7, 11) is 0. The molecule has 1 N–H and O–H groups in total. The molecule has 0 unspecified atom stereocenters. The number of benzene rings is 1. The van der Waals surface area contributed by atoms with Crippen LogP contribution in [0.15, 0.2) is 18.2 Å². The summed E-state index contributed by atoms with van der Waals surface area (Å²) in [6.45, 7) is 9.02. The van der Waals surface area contributed by atoms with Crippen LogP contribution in [0.3, 0.4) is 0 Å². The fourth-order valence-electron chi connectivity index (χ4n) is 2.23. The fraction of sp³-hybridized carbons (Fsp3) is 0.538. The Bertz CT molecular complexity index is 339. The number of nitrogens with one attached hydrogen (secondary N) is 1. The van der Waals surface area contributed by atoms with Gasteiger partial charge in [0.2, 0.25) is 0 Å². The molecule has 0 fully saturated rings. The summed E-state index contributed by atoms with van der Waals surface area (Å²) in [6, 6.07) is 6.83. The minimum absolute atomic E-state index is 0.324. The topological polar surface area (TPSA) is 12.0 Å². The van der Waals surface area contributed by atoms with E-state index < -0.39 is 0 Å². The second-order valence-electron chi connectivity index (χ2n) is 4.97. The summed E-state index contributed by atoms with van der Waals surface area (Å²) in [5, 5.41) is 3.48. The molecule has 76 valence electrons. The highest BCUT2D eigenvalue weighted by Crippen LogP contribution is 2.32. The Hall–Kier alpha value is -0.820. The molecule has 0 saturated carbocycles. The maximum atomic E-state index is 3.48. The van der Waals surface area contributed by atoms with Crippen LogP contribution in [0.1, 0.15) is 37.0 Å². The van der Waals surface area contributed by atoms with E-state index in [1.807, 2.05) is 0 Å². The molecular formula is C13H19N. The molecule has 0 atom stereocenters. The average molecular weight is 189 g/mol. The Kier molecular flexibility index (Phi) is 2.36. The smallest absolute Gasteiger partial charge is 0.0208 e. The lowest BCUT2D eigenvalue weighted by Gasteiger charge is -2.25. The Morgan fingerprint density at radius 1 is 1.29 bits per heavy atom. The minimum atomic E-state index is 0.324. The van der Waals surface area contributed by atoms with Gasteiger partial charge in [-0.1, -0.05) is 37.6 Å². The second kappa shape index (κ2) is 3.39. The van der Waals surface area contributed by atoms with Crippen LogP contribution in [-0.4, -0.2) is 6.54 Å². The molecule has 1 heteroatoms. The van der Waals surface area contributed by atoms with Gasteiger partial charge in [0.1, 0.15) is 0 Å². The summed E-state index contributed by atoms with van der Waals surface area (Å²) in [5.74, 6) is 0. The van der Waals surface area contributed by atoms with E-state index in [9.17, 15) is 0 Å². The van der Waals surface area contributed by atoms with Crippen molar-refractivity contribution in [2.75, 3.05) is 6.54 Å². The zero-order valence-electron chi connectivity index (χ0n) is 9.35. The first-order valence-electron chi connectivity index (χ1n) is 5.40. The van der Waals surface area contributed by atoms with Crippen molar-refractivity contribution < 1.29 is 0 Å². The lowest BCUT2D eigenvalue weighted by atomic mass is 9.79. The highest BCUT2D eigenvalue weighted by atomic mass is 14.9. The van der Waals surface area contributed by atoms with E-state index in [4.69, 9.17) is 0 Å². The first-order chi connectivity index (χ1) is 6.59. The van der Waals surface area contributed by atoms with Crippen LogP contribution in [0.25, 0.3) is 0 Å². The average Bonchev–Trinajstić information content (AvgIpc) is 2.26. The largest absolute Gasteiger partial charge is 0.313 e. The molecule has 1 aromatic rings. The monoisotopic (exact) mass is 189 g/mol. The van der Waals surface area contributed by atoms with Gasteiger partial charge in [-0.3, -0.25) is 0 Å². The third-order valence-electron chi connectivity index (χ3n) is 3.24. The van der Waals surface area contributed by atoms with Gasteiger partial charge in [0.05, 0.1) is 0 Å². The minimum Gasteiger partial charge on any atom is -0.313 e. The quantitative estimate of drug-likeness (QED) is 0.661. The number of hydrogen-bond donors (Lipinski definition) is 1. The normalized spacial score (nSPS) is 19.9. The summed E-state index contributed by atoms with van der Waals surface area (Å²) in [4.78, 5) is 0. The van der Waals surface area contributed by atoms with E-state index in [1.165, 1.54) is 23.1 Å². The first-order valence-corrected chi connectivity index (χ1v) is 5.40. The zero-order valence-corrected chi connectivity index (χ0v) is 9.35. The van der Waals surface area contributed by atoms with Gasteiger partial charge in [-0.05, 0) is 36.4 Å². The summed E-state index contributed by atoms with van der Waals surface area (Å²) in [5.41, 5.74) is 4.70. The van der Waals surface area contributed by atoms with Gasteiger partial charge in [-0.2, -0.15) is 0 Å². The summed E-state index contributed by atoms with van der Waals surface area (Å²) >= 11 is 0. The molecule has 0 aliphatic carbocycles. The Morgan fingerprint density at radius 2 is 2.07 bits per heavy atom. The molecule has 0 bridgehead atoms. The summed E-state index contributed by atoms with van der Waals surface area (Å²) < 4.78 is 0. The van der Waals surface area contributed by atoms with Gasteiger partial charge in [-0.25, -0.2) is 0 Å². The molecule has 1 nitrogen and oxygen atoms in total. The molecule has 1 aromatic carbocycles. The van der Waals surface area contributed by atoms with E-state index in [0.29, 0.717) is 5.41 Å². The van der Waals surface area contributed by atoms with Crippen LogP contribution in [0, 0.1) is 6.92 Å². The molecule has 2 rings (SSSR count). The van der Waals surface area contributed by atoms with E-state index in [2.05, 4.69) is 44.3 Å². The SMILES string of the molecule is Cc1ccc2c(c1)C(C)(C)CCNC2. The maximum absolute atomic E-state index is 3.48. The molecule has 0 radical (unpaired) electrons. The second-order valence-corrected chi connectivity index (χ2v) is 4.97. The number of aryl methyl sites for hydroxylation is 1. The maximum Gasteiger partial charge on any atom is 0.0208 e. The lowest BCUT2D eigenvalue weighted by Crippen LogP contribution is -2.20. The van der Waals surface area contributed by atoms with Crippen LogP contribution in [0.2, 0.25) is 0 Å². The van der Waals surface area contributed by atoms with Crippen molar-refractivity contribution in [3.63, 3.8) is 0 Å². The molecule has 0 amide bonds. The molecule has 0 saturated heterocycles. The number of fused-ring (bicyclic) bond motifs is 1. The van der Waals surface area contributed by atoms with E-state index in [-0.39, 0.29) is 0 Å². The van der Waals surface area contributed by atoms with Gasteiger partial charge in [0.15, 0.2) is 0 Å². The van der Waals surface area contributed by atoms with Gasteiger partial charge < -0.3 is 5.32 Å². The standard InChI is InChI=1S/C13H19N/c1-10-4-5-11-9-14-7-6-13(2,3)12(11)8-10/h4-5,8,14H,6-7,9H2,1-3H3. The van der Waals surface area contributed by atoms with Crippen molar-refractivity contribution >= 4 is 0 Å². The molecule has 1 aliphatic rings. The predicted octanol–water partition coefficient (Wildman–Crippen LogP) is 2.77. The Labute approximate surface area is 86.5 Å². The predicted molar refractivity (Wildman–Crippen MR) is 60.5 cm³/mol. The van der Waals surface area contributed by atoms with E-state index >= 15 is 0 Å². The summed E-state index contributed by atoms with van der Waals surface area (Å²) in [6.07, 6.45) is 1.23. The third kappa shape index (κ3) is 1.69. The molecule has 0 spiro atoms. The van der Waals surface area contributed by atoms with Crippen LogP contribution >= 0.6 is 0 Å². The Balaban J connectivity index is 2.52. The van der Waals surface area contributed by atoms with Crippen molar-refractivity contribution in [3.05, 3.63) is 34.9 Å². The molecule has 0 aromatic heterocycles. The third-order valence-corrected chi connectivity index (χ3v) is 3.24. The number of hydrogen-bond acceptors (Lipinski definition) is 1. The first kappa shape index (κ1) is 9.72. The zero-order chi connectivity index (χ0) is 10.2. The van der Waals surface area contributed by atoms with Crippen molar-refractivity contribution in [1.29, 1.82) is 0 Å². The molecule has 1 aliphatic heterocycles. The van der Waals surface area contributed by atoms with Crippen LogP contribution in [-0.2, 0) is 12.0 Å². The van der Waals surface area contributed by atoms with Gasteiger partial charge in [0.25, 0.3) is 0 Å². The highest BCUT2D eigenvalue weighted by Gasteiger charge is 2.25. The van der Waals surface area contributed by atoms with Crippen LogP contribution < -0.4 is 5.32 Å². The lowest BCUT2D eigenvalue weighted by molar-refractivity contribution is 0.477. The van der Waals surface area contributed by atoms with Crippen molar-refractivity contribution in [2.45, 2.75) is 39.2 Å². The molecule has 14 heavy (non-hydrogen) atoms. The number of rotatable bonds is 0. The van der Waals surface area contributed by atoms with E-state index in [1.54, 1.807) is 0 Å². The molecular weight excluding hydrogens is 170 g/mol. The van der Waals surface area contributed by atoms with Gasteiger partial charge in [-0.15, -0.1) is 0 Å². The Morgan fingerprint density at radius 3 is 2.86 bits per heavy atom. The van der Waals surface area contributed by atoms with Gasteiger partial charge in [0, 0.05) is 6.54 Å². The fourth-order valence-corrected chi connectivity index (χ4v) is 2.23. The van der Waals surface area contributed by atoms with E-state index in [0.717, 1.165) is 13.1 Å². The van der Waals surface area contributed by atoms with Crippen molar-refractivity contribution in [1.82, 2.24) is 5.32 Å². The van der Waals surface area contributed by atoms with Crippen LogP contribution in [0.5, 0.6) is 0 Å². The molecule has 1 heterocycles. The van der Waals surface area contributed by atoms with Crippen molar-refractivity contribution in [3.8, 4) is 0 Å². The van der Waals surface area contributed by atoms with Crippen LogP contribution in [0.4, 0.5) is 0 Å². The highest BCUT2D eigenvalue weighted by molar-refractivity contribution is 5.37. The van der Waals surface area contributed by atoms with Gasteiger partial charge >= 0.3 is 0 Å². The van der Waals surface area contributed by atoms with Crippen molar-refractivity contribution in [2.24, 2.45) is 0 Å².